The molecule has 1 nitrogen and oxygen atoms in total. The number of thioether (sulfide) groups is 1. The lowest BCUT2D eigenvalue weighted by molar-refractivity contribution is 0.683. The highest BCUT2D eigenvalue weighted by Crippen LogP contribution is 2.31. The summed E-state index contributed by atoms with van der Waals surface area (Å²) in [6, 6.07) is 7.10. The topological polar surface area (TPSA) is 12.0 Å². The van der Waals surface area contributed by atoms with Crippen molar-refractivity contribution in [3.8, 4) is 0 Å². The van der Waals surface area contributed by atoms with Gasteiger partial charge in [0, 0.05) is 4.90 Å². The first-order valence-corrected chi connectivity index (χ1v) is 7.32. The number of aryl methyl sites for hydroxylation is 2. The molecule has 1 aromatic carbocycles. The molecule has 1 heterocycles. The van der Waals surface area contributed by atoms with Gasteiger partial charge in [0.05, 0.1) is 5.37 Å². The van der Waals surface area contributed by atoms with E-state index in [2.05, 4.69) is 23.5 Å². The molecule has 1 N–H and O–H groups in total. The Labute approximate surface area is 102 Å². The van der Waals surface area contributed by atoms with Crippen molar-refractivity contribution >= 4 is 11.8 Å². The van der Waals surface area contributed by atoms with Crippen molar-refractivity contribution in [2.45, 2.75) is 48.8 Å². The van der Waals surface area contributed by atoms with E-state index in [1.54, 1.807) is 11.1 Å². The van der Waals surface area contributed by atoms with Gasteiger partial charge in [0.2, 0.25) is 0 Å². The van der Waals surface area contributed by atoms with Gasteiger partial charge in [-0.3, -0.25) is 0 Å². The van der Waals surface area contributed by atoms with Crippen LogP contribution < -0.4 is 5.32 Å². The van der Waals surface area contributed by atoms with Crippen LogP contribution in [0.2, 0.25) is 0 Å². The zero-order chi connectivity index (χ0) is 10.8. The first-order chi connectivity index (χ1) is 7.92. The van der Waals surface area contributed by atoms with Crippen molar-refractivity contribution < 1.29 is 0 Å². The molecular formula is C14H19NS. The summed E-state index contributed by atoms with van der Waals surface area (Å²) >= 11 is 2.01. The molecule has 0 bridgehead atoms. The second-order valence-electron chi connectivity index (χ2n) is 4.84. The summed E-state index contributed by atoms with van der Waals surface area (Å²) in [7, 11) is 0. The van der Waals surface area contributed by atoms with Gasteiger partial charge in [-0.2, -0.15) is 0 Å². The van der Waals surface area contributed by atoms with Crippen molar-refractivity contribution in [3.63, 3.8) is 0 Å². The van der Waals surface area contributed by atoms with Crippen molar-refractivity contribution in [1.29, 1.82) is 0 Å². The first kappa shape index (κ1) is 10.7. The van der Waals surface area contributed by atoms with Crippen LogP contribution >= 0.6 is 11.8 Å². The molecule has 16 heavy (non-hydrogen) atoms. The van der Waals surface area contributed by atoms with E-state index in [4.69, 9.17) is 0 Å². The maximum atomic E-state index is 3.55. The molecule has 0 saturated carbocycles. The van der Waals surface area contributed by atoms with Crippen LogP contribution in [-0.2, 0) is 12.8 Å². The Morgan fingerprint density at radius 2 is 1.94 bits per heavy atom. The SMILES string of the molecule is c1cc2c(cc1SC1CCCN1)CCCC2. The van der Waals surface area contributed by atoms with Crippen molar-refractivity contribution in [1.82, 2.24) is 5.32 Å². The number of benzene rings is 1. The number of nitrogens with one attached hydrogen (secondary N) is 1. The summed E-state index contributed by atoms with van der Waals surface area (Å²) in [6.07, 6.45) is 8.00. The molecule has 1 fully saturated rings. The Hall–Kier alpha value is -0.470. The van der Waals surface area contributed by atoms with Crippen LogP contribution in [0.15, 0.2) is 23.1 Å². The minimum absolute atomic E-state index is 0.654. The largest absolute Gasteiger partial charge is 0.305 e. The van der Waals surface area contributed by atoms with Crippen LogP contribution in [0.4, 0.5) is 0 Å². The Morgan fingerprint density at radius 3 is 2.75 bits per heavy atom. The van der Waals surface area contributed by atoms with E-state index in [0.29, 0.717) is 5.37 Å². The summed E-state index contributed by atoms with van der Waals surface area (Å²) in [5.74, 6) is 0. The molecule has 1 aromatic rings. The Balaban J connectivity index is 1.74. The quantitative estimate of drug-likeness (QED) is 0.840. The maximum absolute atomic E-state index is 3.55. The summed E-state index contributed by atoms with van der Waals surface area (Å²) in [5, 5.41) is 4.20. The standard InChI is InChI=1S/C14H19NS/c1-2-5-12-10-13(8-7-11(12)4-1)16-14-6-3-9-15-14/h7-8,10,14-15H,1-6,9H2. The summed E-state index contributed by atoms with van der Waals surface area (Å²) in [6.45, 7) is 1.20. The predicted molar refractivity (Wildman–Crippen MR) is 70.0 cm³/mol. The minimum Gasteiger partial charge on any atom is -0.305 e. The molecule has 0 amide bonds. The fourth-order valence-electron chi connectivity index (χ4n) is 2.70. The second kappa shape index (κ2) is 4.80. The Bertz CT molecular complexity index is 369. The van der Waals surface area contributed by atoms with Gasteiger partial charge in [-0.1, -0.05) is 6.07 Å². The molecular weight excluding hydrogens is 214 g/mol. The van der Waals surface area contributed by atoms with Crippen LogP contribution in [0.1, 0.15) is 36.8 Å². The van der Waals surface area contributed by atoms with Gasteiger partial charge >= 0.3 is 0 Å². The van der Waals surface area contributed by atoms with Crippen molar-refractivity contribution in [3.05, 3.63) is 29.3 Å². The van der Waals surface area contributed by atoms with E-state index in [0.717, 1.165) is 0 Å². The molecule has 2 aliphatic rings. The number of rotatable bonds is 2. The molecule has 1 aliphatic heterocycles. The van der Waals surface area contributed by atoms with Gasteiger partial charge in [0.25, 0.3) is 0 Å². The van der Waals surface area contributed by atoms with Gasteiger partial charge < -0.3 is 5.32 Å². The third-order valence-electron chi connectivity index (χ3n) is 3.61. The highest BCUT2D eigenvalue weighted by molar-refractivity contribution is 7.99. The van der Waals surface area contributed by atoms with E-state index in [-0.39, 0.29) is 0 Å². The molecule has 3 rings (SSSR count). The fourth-order valence-corrected chi connectivity index (χ4v) is 3.87. The lowest BCUT2D eigenvalue weighted by Crippen LogP contribution is -2.16. The van der Waals surface area contributed by atoms with Gasteiger partial charge in [-0.25, -0.2) is 0 Å². The second-order valence-corrected chi connectivity index (χ2v) is 6.12. The third kappa shape index (κ3) is 2.28. The lowest BCUT2D eigenvalue weighted by Gasteiger charge is -2.17. The number of hydrogen-bond donors (Lipinski definition) is 1. The van der Waals surface area contributed by atoms with E-state index in [1.807, 2.05) is 11.8 Å². The van der Waals surface area contributed by atoms with E-state index < -0.39 is 0 Å². The zero-order valence-corrected chi connectivity index (χ0v) is 10.5. The van der Waals surface area contributed by atoms with E-state index in [9.17, 15) is 0 Å². The smallest absolute Gasteiger partial charge is 0.0580 e. The van der Waals surface area contributed by atoms with Crippen LogP contribution in [0.3, 0.4) is 0 Å². The molecule has 0 spiro atoms. The van der Waals surface area contributed by atoms with Gasteiger partial charge in [0.1, 0.15) is 0 Å². The summed E-state index contributed by atoms with van der Waals surface area (Å²) < 4.78 is 0. The van der Waals surface area contributed by atoms with Crippen LogP contribution in [-0.4, -0.2) is 11.9 Å². The normalized spacial score (nSPS) is 24.4. The Morgan fingerprint density at radius 1 is 1.06 bits per heavy atom. The predicted octanol–water partition coefficient (Wildman–Crippen LogP) is 3.37. The summed E-state index contributed by atoms with van der Waals surface area (Å²) in [4.78, 5) is 1.46. The van der Waals surface area contributed by atoms with Crippen LogP contribution in [0.5, 0.6) is 0 Å². The molecule has 0 radical (unpaired) electrons. The number of hydrogen-bond acceptors (Lipinski definition) is 2. The molecule has 1 saturated heterocycles. The zero-order valence-electron chi connectivity index (χ0n) is 9.67. The number of fused-ring (bicyclic) bond motifs is 1. The molecule has 0 aromatic heterocycles. The van der Waals surface area contributed by atoms with E-state index in [1.165, 1.54) is 50.0 Å². The van der Waals surface area contributed by atoms with Gasteiger partial charge in [-0.15, -0.1) is 11.8 Å². The highest BCUT2D eigenvalue weighted by atomic mass is 32.2. The molecule has 2 heteroatoms. The average molecular weight is 233 g/mol. The molecule has 86 valence electrons. The monoisotopic (exact) mass is 233 g/mol. The highest BCUT2D eigenvalue weighted by Gasteiger charge is 2.16. The van der Waals surface area contributed by atoms with Crippen LogP contribution in [0, 0.1) is 0 Å². The fraction of sp³-hybridized carbons (Fsp3) is 0.571. The van der Waals surface area contributed by atoms with Crippen molar-refractivity contribution in [2.24, 2.45) is 0 Å². The van der Waals surface area contributed by atoms with Crippen LogP contribution in [0.25, 0.3) is 0 Å². The van der Waals surface area contributed by atoms with Gasteiger partial charge in [0.15, 0.2) is 0 Å². The molecule has 1 unspecified atom stereocenters. The third-order valence-corrected chi connectivity index (χ3v) is 4.83. The van der Waals surface area contributed by atoms with E-state index >= 15 is 0 Å². The maximum Gasteiger partial charge on any atom is 0.0580 e. The lowest BCUT2D eigenvalue weighted by atomic mass is 9.92. The summed E-state index contributed by atoms with van der Waals surface area (Å²) in [5.41, 5.74) is 3.20. The van der Waals surface area contributed by atoms with Crippen molar-refractivity contribution in [2.75, 3.05) is 6.54 Å². The van der Waals surface area contributed by atoms with Gasteiger partial charge in [-0.05, 0) is 68.3 Å². The average Bonchev–Trinajstić information content (AvgIpc) is 2.82. The first-order valence-electron chi connectivity index (χ1n) is 6.44. The Kier molecular flexibility index (Phi) is 3.20. The molecule has 1 aliphatic carbocycles. The minimum atomic E-state index is 0.654. The molecule has 1 atom stereocenters.